The van der Waals surface area contributed by atoms with Crippen LogP contribution < -0.4 is 10.1 Å². The topological polar surface area (TPSA) is 38.3 Å². The van der Waals surface area contributed by atoms with Crippen LogP contribution in [0.15, 0.2) is 24.3 Å². The number of nitrogens with one attached hydrogen (secondary N) is 1. The zero-order valence-electron chi connectivity index (χ0n) is 11.1. The number of rotatable bonds is 6. The molecule has 1 aromatic rings. The van der Waals surface area contributed by atoms with Crippen molar-refractivity contribution in [3.05, 3.63) is 29.3 Å². The molecule has 0 bridgehead atoms. The first-order valence-electron chi connectivity index (χ1n) is 6.25. The van der Waals surface area contributed by atoms with E-state index >= 15 is 0 Å². The van der Waals surface area contributed by atoms with Gasteiger partial charge in [0.1, 0.15) is 5.75 Å². The van der Waals surface area contributed by atoms with Gasteiger partial charge in [-0.3, -0.25) is 4.79 Å². The normalized spacial score (nSPS) is 13.8. The van der Waals surface area contributed by atoms with E-state index in [0.717, 1.165) is 12.8 Å². The zero-order chi connectivity index (χ0) is 13.5. The minimum absolute atomic E-state index is 0.0918. The number of amides is 1. The fourth-order valence-corrected chi connectivity index (χ4v) is 1.76. The lowest BCUT2D eigenvalue weighted by Crippen LogP contribution is -2.41. The van der Waals surface area contributed by atoms with E-state index in [1.807, 2.05) is 6.92 Å². The summed E-state index contributed by atoms with van der Waals surface area (Å²) < 4.78 is 5.54. The van der Waals surface area contributed by atoms with E-state index in [1.165, 1.54) is 0 Å². The van der Waals surface area contributed by atoms with E-state index in [9.17, 15) is 4.79 Å². The van der Waals surface area contributed by atoms with Gasteiger partial charge in [-0.15, -0.1) is 0 Å². The molecule has 1 aromatic carbocycles. The molecule has 0 radical (unpaired) electrons. The van der Waals surface area contributed by atoms with Crippen molar-refractivity contribution in [3.8, 4) is 5.75 Å². The molecule has 4 heteroatoms. The second kappa shape index (κ2) is 7.27. The van der Waals surface area contributed by atoms with Gasteiger partial charge in [0.05, 0.1) is 0 Å². The van der Waals surface area contributed by atoms with Gasteiger partial charge in [0, 0.05) is 11.1 Å². The number of benzene rings is 1. The zero-order valence-corrected chi connectivity index (χ0v) is 11.8. The molecule has 2 atom stereocenters. The first-order valence-corrected chi connectivity index (χ1v) is 6.63. The molecule has 1 rings (SSSR count). The van der Waals surface area contributed by atoms with Crippen molar-refractivity contribution in [2.75, 3.05) is 0 Å². The summed E-state index contributed by atoms with van der Waals surface area (Å²) in [4.78, 5) is 11.8. The fraction of sp³-hybridized carbons (Fsp3) is 0.500. The Morgan fingerprint density at radius 1 is 1.33 bits per heavy atom. The number of halogens is 1. The molecule has 0 heterocycles. The maximum atomic E-state index is 11.8. The van der Waals surface area contributed by atoms with Gasteiger partial charge >= 0.3 is 0 Å². The molecule has 0 aromatic heterocycles. The summed E-state index contributed by atoms with van der Waals surface area (Å²) in [5, 5.41) is 3.57. The molecule has 18 heavy (non-hydrogen) atoms. The Kier molecular flexibility index (Phi) is 5.99. The Balaban J connectivity index is 2.46. The van der Waals surface area contributed by atoms with Crippen molar-refractivity contribution in [3.63, 3.8) is 0 Å². The van der Waals surface area contributed by atoms with Crippen LogP contribution in [-0.2, 0) is 4.79 Å². The Morgan fingerprint density at radius 2 is 1.94 bits per heavy atom. The highest BCUT2D eigenvalue weighted by atomic mass is 35.5. The summed E-state index contributed by atoms with van der Waals surface area (Å²) in [6, 6.07) is 7.16. The lowest BCUT2D eigenvalue weighted by molar-refractivity contribution is -0.127. The van der Waals surface area contributed by atoms with E-state index in [-0.39, 0.29) is 11.9 Å². The molecule has 1 amide bonds. The van der Waals surface area contributed by atoms with Crippen LogP contribution in [0.4, 0.5) is 0 Å². The van der Waals surface area contributed by atoms with E-state index in [4.69, 9.17) is 16.3 Å². The van der Waals surface area contributed by atoms with Gasteiger partial charge in [0.15, 0.2) is 6.10 Å². The van der Waals surface area contributed by atoms with E-state index in [1.54, 1.807) is 31.2 Å². The lowest BCUT2D eigenvalue weighted by Gasteiger charge is -2.18. The summed E-state index contributed by atoms with van der Waals surface area (Å²) in [6.07, 6.45) is 1.51. The summed E-state index contributed by atoms with van der Waals surface area (Å²) >= 11 is 5.78. The van der Waals surface area contributed by atoms with Crippen LogP contribution in [0.3, 0.4) is 0 Å². The van der Waals surface area contributed by atoms with E-state index in [2.05, 4.69) is 12.2 Å². The maximum Gasteiger partial charge on any atom is 0.260 e. The monoisotopic (exact) mass is 269 g/mol. The van der Waals surface area contributed by atoms with Gasteiger partial charge in [-0.25, -0.2) is 0 Å². The van der Waals surface area contributed by atoms with Crippen molar-refractivity contribution in [1.29, 1.82) is 0 Å². The Labute approximate surface area is 113 Å². The molecule has 0 unspecified atom stereocenters. The third kappa shape index (κ3) is 4.96. The third-order valence-corrected chi connectivity index (χ3v) is 2.86. The second-order valence-electron chi connectivity index (χ2n) is 4.41. The fourth-order valence-electron chi connectivity index (χ4n) is 1.64. The van der Waals surface area contributed by atoms with Crippen LogP contribution in [-0.4, -0.2) is 18.1 Å². The molecule has 1 N–H and O–H groups in total. The second-order valence-corrected chi connectivity index (χ2v) is 4.85. The predicted molar refractivity (Wildman–Crippen MR) is 74.1 cm³/mol. The van der Waals surface area contributed by atoms with Crippen molar-refractivity contribution in [2.45, 2.75) is 45.8 Å². The number of hydrogen-bond acceptors (Lipinski definition) is 2. The minimum atomic E-state index is -0.509. The average Bonchev–Trinajstić information content (AvgIpc) is 2.32. The summed E-state index contributed by atoms with van der Waals surface area (Å²) in [5.41, 5.74) is 0. The highest BCUT2D eigenvalue weighted by molar-refractivity contribution is 6.30. The Morgan fingerprint density at radius 3 is 2.50 bits per heavy atom. The van der Waals surface area contributed by atoms with Gasteiger partial charge < -0.3 is 10.1 Å². The van der Waals surface area contributed by atoms with Crippen LogP contribution in [0.2, 0.25) is 5.02 Å². The molecule has 100 valence electrons. The van der Waals surface area contributed by atoms with Crippen LogP contribution in [0.1, 0.15) is 33.6 Å². The van der Waals surface area contributed by atoms with E-state index in [0.29, 0.717) is 10.8 Å². The van der Waals surface area contributed by atoms with Crippen molar-refractivity contribution in [2.24, 2.45) is 0 Å². The molecule has 0 spiro atoms. The standard InChI is InChI=1S/C14H20ClNO2/c1-4-5-10(2)16-14(17)11(3)18-13-8-6-12(15)7-9-13/h6-11H,4-5H2,1-3H3,(H,16,17)/t10-,11-/m1/s1. The summed E-state index contributed by atoms with van der Waals surface area (Å²) in [6.45, 7) is 5.83. The average molecular weight is 270 g/mol. The molecule has 0 aliphatic heterocycles. The SMILES string of the molecule is CCC[C@@H](C)NC(=O)[C@@H](C)Oc1ccc(Cl)cc1. The van der Waals surface area contributed by atoms with Crippen LogP contribution >= 0.6 is 11.6 Å². The minimum Gasteiger partial charge on any atom is -0.481 e. The largest absolute Gasteiger partial charge is 0.481 e. The first-order chi connectivity index (χ1) is 8.52. The molecule has 3 nitrogen and oxygen atoms in total. The Hall–Kier alpha value is -1.22. The molecule has 0 fully saturated rings. The smallest absolute Gasteiger partial charge is 0.260 e. The highest BCUT2D eigenvalue weighted by Gasteiger charge is 2.16. The molecule has 0 aliphatic rings. The molecule has 0 aliphatic carbocycles. The van der Waals surface area contributed by atoms with Gasteiger partial charge in [0.2, 0.25) is 0 Å². The number of hydrogen-bond donors (Lipinski definition) is 1. The van der Waals surface area contributed by atoms with Gasteiger partial charge in [-0.2, -0.15) is 0 Å². The maximum absolute atomic E-state index is 11.8. The quantitative estimate of drug-likeness (QED) is 0.859. The summed E-state index contributed by atoms with van der Waals surface area (Å²) in [7, 11) is 0. The molecular weight excluding hydrogens is 250 g/mol. The number of ether oxygens (including phenoxy) is 1. The Bertz CT molecular complexity index is 378. The lowest BCUT2D eigenvalue weighted by atomic mass is 10.2. The van der Waals surface area contributed by atoms with E-state index < -0.39 is 6.10 Å². The van der Waals surface area contributed by atoms with Crippen molar-refractivity contribution < 1.29 is 9.53 Å². The van der Waals surface area contributed by atoms with Gasteiger partial charge in [-0.1, -0.05) is 24.9 Å². The highest BCUT2D eigenvalue weighted by Crippen LogP contribution is 2.16. The van der Waals surface area contributed by atoms with Crippen LogP contribution in [0.25, 0.3) is 0 Å². The van der Waals surface area contributed by atoms with Crippen molar-refractivity contribution in [1.82, 2.24) is 5.32 Å². The summed E-state index contributed by atoms with van der Waals surface area (Å²) in [5.74, 6) is 0.552. The predicted octanol–water partition coefficient (Wildman–Crippen LogP) is 3.41. The van der Waals surface area contributed by atoms with Gasteiger partial charge in [0.25, 0.3) is 5.91 Å². The molecule has 0 saturated carbocycles. The van der Waals surface area contributed by atoms with Crippen LogP contribution in [0.5, 0.6) is 5.75 Å². The number of carbonyl (C=O) groups excluding carboxylic acids is 1. The van der Waals surface area contributed by atoms with Gasteiger partial charge in [-0.05, 0) is 44.5 Å². The van der Waals surface area contributed by atoms with Crippen LogP contribution in [0, 0.1) is 0 Å². The molecule has 0 saturated heterocycles. The third-order valence-electron chi connectivity index (χ3n) is 2.61. The van der Waals surface area contributed by atoms with Crippen molar-refractivity contribution >= 4 is 17.5 Å². The number of carbonyl (C=O) groups is 1. The molecular formula is C14H20ClNO2. The first kappa shape index (κ1) is 14.8.